The van der Waals surface area contributed by atoms with E-state index in [9.17, 15) is 0 Å². The van der Waals surface area contributed by atoms with Crippen LogP contribution in [-0.4, -0.2) is 6.04 Å². The van der Waals surface area contributed by atoms with Crippen molar-refractivity contribution in [1.29, 1.82) is 0 Å². The summed E-state index contributed by atoms with van der Waals surface area (Å²) in [6, 6.07) is 6.93. The second-order valence-corrected chi connectivity index (χ2v) is 4.12. The quantitative estimate of drug-likeness (QED) is 0.739. The van der Waals surface area contributed by atoms with Gasteiger partial charge in [0.1, 0.15) is 0 Å². The zero-order chi connectivity index (χ0) is 11.3. The predicted octanol–water partition coefficient (Wildman–Crippen LogP) is 2.80. The second kappa shape index (κ2) is 5.58. The van der Waals surface area contributed by atoms with E-state index in [1.165, 1.54) is 16.7 Å². The van der Waals surface area contributed by atoms with Crippen molar-refractivity contribution < 1.29 is 0 Å². The Hall–Kier alpha value is -1.26. The molecular weight excluding hydrogens is 182 g/mol. The lowest BCUT2D eigenvalue weighted by Gasteiger charge is -2.12. The first kappa shape index (κ1) is 11.8. The van der Waals surface area contributed by atoms with Crippen LogP contribution in [0.3, 0.4) is 0 Å². The molecule has 1 N–H and O–H groups in total. The van der Waals surface area contributed by atoms with Crippen molar-refractivity contribution in [2.45, 2.75) is 39.8 Å². The molecule has 0 radical (unpaired) electrons. The summed E-state index contributed by atoms with van der Waals surface area (Å²) in [6.45, 7) is 7.28. The molecule has 0 amide bonds. The van der Waals surface area contributed by atoms with Crippen molar-refractivity contribution in [3.8, 4) is 12.3 Å². The Morgan fingerprint density at radius 3 is 2.73 bits per heavy atom. The zero-order valence-corrected chi connectivity index (χ0v) is 9.80. The first-order valence-electron chi connectivity index (χ1n) is 5.36. The number of benzene rings is 1. The SMILES string of the molecule is C#CCC(C)NCc1ccc(C)cc1C. The topological polar surface area (TPSA) is 12.0 Å². The fourth-order valence-corrected chi connectivity index (χ4v) is 1.58. The molecule has 0 spiro atoms. The third-order valence-corrected chi connectivity index (χ3v) is 2.56. The number of aryl methyl sites for hydroxylation is 2. The monoisotopic (exact) mass is 201 g/mol. The number of terminal acetylenes is 1. The van der Waals surface area contributed by atoms with Crippen LogP contribution in [0.4, 0.5) is 0 Å². The molecule has 1 atom stereocenters. The van der Waals surface area contributed by atoms with Crippen LogP contribution in [0.25, 0.3) is 0 Å². The summed E-state index contributed by atoms with van der Waals surface area (Å²) in [5.74, 6) is 2.66. The van der Waals surface area contributed by atoms with Crippen molar-refractivity contribution in [2.24, 2.45) is 0 Å². The Bertz CT molecular complexity index is 360. The Kier molecular flexibility index (Phi) is 4.39. The van der Waals surface area contributed by atoms with Crippen LogP contribution in [0.2, 0.25) is 0 Å². The van der Waals surface area contributed by atoms with Gasteiger partial charge in [-0.2, -0.15) is 0 Å². The fourth-order valence-electron chi connectivity index (χ4n) is 1.58. The van der Waals surface area contributed by atoms with Gasteiger partial charge in [-0.05, 0) is 31.9 Å². The highest BCUT2D eigenvalue weighted by molar-refractivity contribution is 5.30. The number of hydrogen-bond acceptors (Lipinski definition) is 1. The second-order valence-electron chi connectivity index (χ2n) is 4.12. The highest BCUT2D eigenvalue weighted by atomic mass is 14.9. The highest BCUT2D eigenvalue weighted by Crippen LogP contribution is 2.10. The van der Waals surface area contributed by atoms with Gasteiger partial charge in [0.25, 0.3) is 0 Å². The molecule has 1 rings (SSSR count). The van der Waals surface area contributed by atoms with Gasteiger partial charge in [0.05, 0.1) is 0 Å². The van der Waals surface area contributed by atoms with Crippen LogP contribution in [0.5, 0.6) is 0 Å². The van der Waals surface area contributed by atoms with Crippen LogP contribution in [-0.2, 0) is 6.54 Å². The van der Waals surface area contributed by atoms with Crippen molar-refractivity contribution >= 4 is 0 Å². The average Bonchev–Trinajstić information content (AvgIpc) is 2.17. The maximum Gasteiger partial charge on any atom is 0.0238 e. The van der Waals surface area contributed by atoms with Gasteiger partial charge >= 0.3 is 0 Å². The summed E-state index contributed by atoms with van der Waals surface area (Å²) >= 11 is 0. The van der Waals surface area contributed by atoms with E-state index in [0.29, 0.717) is 6.04 Å². The third kappa shape index (κ3) is 3.77. The van der Waals surface area contributed by atoms with Gasteiger partial charge in [0, 0.05) is 19.0 Å². The third-order valence-electron chi connectivity index (χ3n) is 2.56. The van der Waals surface area contributed by atoms with Crippen LogP contribution in [0.1, 0.15) is 30.0 Å². The lowest BCUT2D eigenvalue weighted by molar-refractivity contribution is 0.558. The molecule has 0 heterocycles. The largest absolute Gasteiger partial charge is 0.309 e. The summed E-state index contributed by atoms with van der Waals surface area (Å²) in [6.07, 6.45) is 6.04. The molecule has 15 heavy (non-hydrogen) atoms. The van der Waals surface area contributed by atoms with Gasteiger partial charge in [-0.15, -0.1) is 12.3 Å². The van der Waals surface area contributed by atoms with Crippen molar-refractivity contribution in [3.05, 3.63) is 34.9 Å². The Morgan fingerprint density at radius 1 is 1.40 bits per heavy atom. The Labute approximate surface area is 92.9 Å². The minimum atomic E-state index is 0.385. The molecule has 0 aliphatic carbocycles. The van der Waals surface area contributed by atoms with Crippen molar-refractivity contribution in [3.63, 3.8) is 0 Å². The van der Waals surface area contributed by atoms with E-state index in [1.807, 2.05) is 0 Å². The molecule has 0 aromatic heterocycles. The van der Waals surface area contributed by atoms with Gasteiger partial charge in [-0.25, -0.2) is 0 Å². The molecule has 0 bridgehead atoms. The maximum atomic E-state index is 5.26. The summed E-state index contributed by atoms with van der Waals surface area (Å²) < 4.78 is 0. The van der Waals surface area contributed by atoms with E-state index < -0.39 is 0 Å². The van der Waals surface area contributed by atoms with Crippen LogP contribution in [0.15, 0.2) is 18.2 Å². The standard InChI is InChI=1S/C14H19N/c1-5-6-13(4)15-10-14-8-7-11(2)9-12(14)3/h1,7-9,13,15H,6,10H2,2-4H3. The van der Waals surface area contributed by atoms with E-state index in [1.54, 1.807) is 0 Å². The number of rotatable bonds is 4. The summed E-state index contributed by atoms with van der Waals surface area (Å²) in [5.41, 5.74) is 4.01. The molecule has 1 unspecified atom stereocenters. The van der Waals surface area contributed by atoms with Gasteiger partial charge in [0.2, 0.25) is 0 Å². The fraction of sp³-hybridized carbons (Fsp3) is 0.429. The molecule has 1 aromatic carbocycles. The van der Waals surface area contributed by atoms with E-state index in [2.05, 4.69) is 50.2 Å². The lowest BCUT2D eigenvalue weighted by Crippen LogP contribution is -2.25. The van der Waals surface area contributed by atoms with Crippen molar-refractivity contribution in [1.82, 2.24) is 5.32 Å². The summed E-state index contributed by atoms with van der Waals surface area (Å²) in [4.78, 5) is 0. The first-order valence-corrected chi connectivity index (χ1v) is 5.36. The van der Waals surface area contributed by atoms with Gasteiger partial charge < -0.3 is 5.32 Å². The van der Waals surface area contributed by atoms with E-state index in [4.69, 9.17) is 6.42 Å². The zero-order valence-electron chi connectivity index (χ0n) is 9.80. The number of hydrogen-bond donors (Lipinski definition) is 1. The molecule has 1 heteroatoms. The van der Waals surface area contributed by atoms with E-state index >= 15 is 0 Å². The minimum Gasteiger partial charge on any atom is -0.309 e. The molecule has 80 valence electrons. The molecule has 1 aromatic rings. The summed E-state index contributed by atoms with van der Waals surface area (Å²) in [5, 5.41) is 3.42. The minimum absolute atomic E-state index is 0.385. The highest BCUT2D eigenvalue weighted by Gasteiger charge is 2.01. The molecule has 0 aliphatic heterocycles. The lowest BCUT2D eigenvalue weighted by atomic mass is 10.1. The van der Waals surface area contributed by atoms with E-state index in [-0.39, 0.29) is 0 Å². The maximum absolute atomic E-state index is 5.26. The van der Waals surface area contributed by atoms with Gasteiger partial charge in [0.15, 0.2) is 0 Å². The van der Waals surface area contributed by atoms with Crippen LogP contribution >= 0.6 is 0 Å². The molecule has 0 saturated carbocycles. The Morgan fingerprint density at radius 2 is 2.13 bits per heavy atom. The molecular formula is C14H19N. The van der Waals surface area contributed by atoms with Gasteiger partial charge in [-0.1, -0.05) is 23.8 Å². The smallest absolute Gasteiger partial charge is 0.0238 e. The van der Waals surface area contributed by atoms with E-state index in [0.717, 1.165) is 13.0 Å². The number of nitrogens with one attached hydrogen (secondary N) is 1. The van der Waals surface area contributed by atoms with Gasteiger partial charge in [-0.3, -0.25) is 0 Å². The van der Waals surface area contributed by atoms with Crippen LogP contribution in [0, 0.1) is 26.2 Å². The molecule has 0 aliphatic rings. The molecule has 0 saturated heterocycles. The summed E-state index contributed by atoms with van der Waals surface area (Å²) in [7, 11) is 0. The first-order chi connectivity index (χ1) is 7.13. The van der Waals surface area contributed by atoms with Crippen LogP contribution < -0.4 is 5.32 Å². The van der Waals surface area contributed by atoms with Crippen molar-refractivity contribution in [2.75, 3.05) is 0 Å². The molecule has 0 fully saturated rings. The normalized spacial score (nSPS) is 12.1. The average molecular weight is 201 g/mol. The Balaban J connectivity index is 2.55. The predicted molar refractivity (Wildman–Crippen MR) is 65.7 cm³/mol. The molecule has 1 nitrogen and oxygen atoms in total.